The number of amides is 1. The number of hydrogen-bond acceptors (Lipinski definition) is 10. The molecule has 0 radical (unpaired) electrons. The van der Waals surface area contributed by atoms with E-state index >= 15 is 0 Å². The van der Waals surface area contributed by atoms with Crippen molar-refractivity contribution in [3.63, 3.8) is 0 Å². The fourth-order valence-corrected chi connectivity index (χ4v) is 7.83. The third kappa shape index (κ3) is 6.86. The summed E-state index contributed by atoms with van der Waals surface area (Å²) in [5, 5.41) is 14.0. The third-order valence-electron chi connectivity index (χ3n) is 9.95. The van der Waals surface area contributed by atoms with Gasteiger partial charge in [0, 0.05) is 38.0 Å². The first-order valence-electron chi connectivity index (χ1n) is 16.4. The zero-order chi connectivity index (χ0) is 31.6. The molecular formula is C34H46N6O4S. The molecule has 3 aromatic rings. The number of rotatable bonds is 12. The highest BCUT2D eigenvalue weighted by atomic mass is 32.1. The van der Waals surface area contributed by atoms with Crippen LogP contribution in [0, 0.1) is 18.8 Å². The lowest BCUT2D eigenvalue weighted by atomic mass is 9.78. The predicted molar refractivity (Wildman–Crippen MR) is 174 cm³/mol. The van der Waals surface area contributed by atoms with Crippen molar-refractivity contribution < 1.29 is 18.8 Å². The standard InChI is InChI=1S/C34H46N6O4S/c1-21(29-16-31(39-44-29)43-28-18-40(19-28)17-25-10-12-35-13-11-25)15-30(41)34(22(2)9-14-37-34)33(42)38-23(3)26-5-7-27(8-6-26)32-24(4)36-20-45-32/h5-8,16,20-23,25,28,35,37H,9-15,17-19H2,1-4H3,(H,38,42)/t21?,22?,23-,34+/m0/s1. The number of hydrogen-bond donors (Lipinski definition) is 3. The Morgan fingerprint density at radius 1 is 1.16 bits per heavy atom. The Hall–Kier alpha value is -3.12. The van der Waals surface area contributed by atoms with Crippen LogP contribution in [-0.2, 0) is 9.59 Å². The maximum absolute atomic E-state index is 13.9. The second kappa shape index (κ2) is 13.7. The van der Waals surface area contributed by atoms with Gasteiger partial charge in [0.1, 0.15) is 11.9 Å². The molecule has 45 heavy (non-hydrogen) atoms. The van der Waals surface area contributed by atoms with Gasteiger partial charge >= 0.3 is 0 Å². The van der Waals surface area contributed by atoms with E-state index in [-0.39, 0.29) is 42.1 Å². The monoisotopic (exact) mass is 634 g/mol. The summed E-state index contributed by atoms with van der Waals surface area (Å²) in [7, 11) is 0. The predicted octanol–water partition coefficient (Wildman–Crippen LogP) is 4.48. The Morgan fingerprint density at radius 2 is 1.91 bits per heavy atom. The topological polar surface area (TPSA) is 122 Å². The zero-order valence-electron chi connectivity index (χ0n) is 26.8. The minimum atomic E-state index is -1.29. The van der Waals surface area contributed by atoms with E-state index in [1.807, 2.05) is 45.3 Å². The van der Waals surface area contributed by atoms with Gasteiger partial charge < -0.3 is 19.9 Å². The van der Waals surface area contributed by atoms with Gasteiger partial charge in [-0.3, -0.25) is 19.8 Å². The second-order valence-corrected chi connectivity index (χ2v) is 14.1. The zero-order valence-corrected chi connectivity index (χ0v) is 27.6. The van der Waals surface area contributed by atoms with Crippen LogP contribution in [-0.4, -0.2) is 77.6 Å². The van der Waals surface area contributed by atoms with E-state index in [1.165, 1.54) is 12.8 Å². The highest BCUT2D eigenvalue weighted by molar-refractivity contribution is 7.13. The van der Waals surface area contributed by atoms with Crippen LogP contribution in [0.5, 0.6) is 5.88 Å². The molecule has 0 spiro atoms. The lowest BCUT2D eigenvalue weighted by molar-refractivity contribution is -0.139. The van der Waals surface area contributed by atoms with Gasteiger partial charge in [0.25, 0.3) is 5.88 Å². The number of carbonyl (C=O) groups is 2. The van der Waals surface area contributed by atoms with Gasteiger partial charge in [0.2, 0.25) is 5.91 Å². The van der Waals surface area contributed by atoms with Gasteiger partial charge in [0.15, 0.2) is 11.3 Å². The van der Waals surface area contributed by atoms with E-state index < -0.39 is 5.54 Å². The van der Waals surface area contributed by atoms with Gasteiger partial charge in [-0.1, -0.05) is 38.1 Å². The van der Waals surface area contributed by atoms with Crippen molar-refractivity contribution in [1.29, 1.82) is 0 Å². The van der Waals surface area contributed by atoms with E-state index in [1.54, 1.807) is 17.4 Å². The molecule has 3 saturated heterocycles. The molecule has 0 saturated carbocycles. The molecule has 2 unspecified atom stereocenters. The summed E-state index contributed by atoms with van der Waals surface area (Å²) in [5.41, 5.74) is 3.65. The minimum Gasteiger partial charge on any atom is -0.469 e. The Morgan fingerprint density at radius 3 is 2.58 bits per heavy atom. The summed E-state index contributed by atoms with van der Waals surface area (Å²) in [6.45, 7) is 13.6. The van der Waals surface area contributed by atoms with E-state index in [2.05, 4.69) is 43.1 Å². The number of thiazole rings is 1. The molecule has 3 aliphatic rings. The van der Waals surface area contributed by atoms with Crippen LogP contribution in [0.4, 0.5) is 0 Å². The van der Waals surface area contributed by atoms with Crippen molar-refractivity contribution >= 4 is 23.0 Å². The van der Waals surface area contributed by atoms with Crippen molar-refractivity contribution in [3.05, 3.63) is 52.9 Å². The number of aromatic nitrogens is 2. The Bertz CT molecular complexity index is 1460. The van der Waals surface area contributed by atoms with Gasteiger partial charge in [-0.25, -0.2) is 4.98 Å². The van der Waals surface area contributed by atoms with Gasteiger partial charge in [-0.2, -0.15) is 0 Å². The number of piperidine rings is 1. The van der Waals surface area contributed by atoms with Crippen LogP contribution in [0.2, 0.25) is 0 Å². The minimum absolute atomic E-state index is 0.104. The molecule has 0 bridgehead atoms. The number of Topliss-reactive ketones (excluding diaryl/α,β-unsaturated/α-hetero) is 1. The van der Waals surface area contributed by atoms with Crippen LogP contribution >= 0.6 is 11.3 Å². The molecule has 242 valence electrons. The molecule has 1 amide bonds. The largest absolute Gasteiger partial charge is 0.469 e. The molecule has 4 atom stereocenters. The first-order chi connectivity index (χ1) is 21.7. The molecule has 3 fully saturated rings. The van der Waals surface area contributed by atoms with Crippen LogP contribution in [0.15, 0.2) is 40.4 Å². The van der Waals surface area contributed by atoms with E-state index in [4.69, 9.17) is 9.26 Å². The molecule has 3 aliphatic heterocycles. The number of ketones is 1. The van der Waals surface area contributed by atoms with Crippen LogP contribution < -0.4 is 20.7 Å². The quantitative estimate of drug-likeness (QED) is 0.248. The lowest BCUT2D eigenvalue weighted by Gasteiger charge is -2.41. The number of nitrogens with one attached hydrogen (secondary N) is 3. The normalized spacial score (nSPS) is 24.2. The summed E-state index contributed by atoms with van der Waals surface area (Å²) in [5.74, 6) is 1.02. The van der Waals surface area contributed by atoms with Crippen LogP contribution in [0.25, 0.3) is 10.4 Å². The Labute approximate surface area is 269 Å². The smallest absolute Gasteiger partial charge is 0.254 e. The second-order valence-electron chi connectivity index (χ2n) is 13.3. The van der Waals surface area contributed by atoms with E-state index in [0.717, 1.165) is 66.8 Å². The average Bonchev–Trinajstić information content (AvgIpc) is 3.77. The summed E-state index contributed by atoms with van der Waals surface area (Å²) < 4.78 is 11.7. The first kappa shape index (κ1) is 31.8. The highest BCUT2D eigenvalue weighted by Crippen LogP contribution is 2.34. The molecule has 5 heterocycles. The fourth-order valence-electron chi connectivity index (χ4n) is 7.02. The molecule has 2 aromatic heterocycles. The van der Waals surface area contributed by atoms with Gasteiger partial charge in [-0.15, -0.1) is 11.3 Å². The molecule has 10 nitrogen and oxygen atoms in total. The number of nitrogens with zero attached hydrogens (tertiary/aromatic N) is 3. The molecule has 3 N–H and O–H groups in total. The number of ether oxygens (including phenoxy) is 1. The van der Waals surface area contributed by atoms with Gasteiger partial charge in [-0.05, 0) is 80.9 Å². The maximum Gasteiger partial charge on any atom is 0.254 e. The number of carbonyl (C=O) groups excluding carboxylic acids is 2. The maximum atomic E-state index is 13.9. The van der Waals surface area contributed by atoms with Gasteiger partial charge in [0.05, 0.1) is 22.1 Å². The molecule has 0 aliphatic carbocycles. The van der Waals surface area contributed by atoms with Crippen LogP contribution in [0.1, 0.15) is 75.4 Å². The SMILES string of the molecule is Cc1ncsc1-c1ccc([C@H](C)NC(=O)[C@@]2(C(=O)CC(C)c3cc(OC4CN(CC5CCNCC5)C4)no3)NCCC2C)cc1. The third-order valence-corrected chi connectivity index (χ3v) is 10.9. The molecule has 11 heteroatoms. The molecular weight excluding hydrogens is 588 g/mol. The van der Waals surface area contributed by atoms with Crippen molar-refractivity contribution in [1.82, 2.24) is 31.0 Å². The summed E-state index contributed by atoms with van der Waals surface area (Å²) >= 11 is 1.62. The Balaban J connectivity index is 1.04. The number of aryl methyl sites for hydroxylation is 1. The van der Waals surface area contributed by atoms with E-state index in [0.29, 0.717) is 18.2 Å². The molecule has 1 aromatic carbocycles. The van der Waals surface area contributed by atoms with Crippen molar-refractivity contribution in [3.8, 4) is 16.3 Å². The number of benzene rings is 1. The van der Waals surface area contributed by atoms with Crippen molar-refractivity contribution in [2.45, 2.75) is 77.0 Å². The van der Waals surface area contributed by atoms with Crippen molar-refractivity contribution in [2.24, 2.45) is 11.8 Å². The fraction of sp³-hybridized carbons (Fsp3) is 0.588. The van der Waals surface area contributed by atoms with E-state index in [9.17, 15) is 9.59 Å². The number of likely N-dealkylation sites (tertiary alicyclic amines) is 1. The average molecular weight is 635 g/mol. The highest BCUT2D eigenvalue weighted by Gasteiger charge is 2.53. The van der Waals surface area contributed by atoms with Crippen LogP contribution in [0.3, 0.4) is 0 Å². The summed E-state index contributed by atoms with van der Waals surface area (Å²) in [6.07, 6.45) is 3.49. The summed E-state index contributed by atoms with van der Waals surface area (Å²) in [4.78, 5) is 35.7. The lowest BCUT2D eigenvalue weighted by Crippen LogP contribution is -2.62. The Kier molecular flexibility index (Phi) is 9.70. The first-order valence-corrected chi connectivity index (χ1v) is 17.3. The summed E-state index contributed by atoms with van der Waals surface area (Å²) in [6, 6.07) is 9.71. The molecule has 6 rings (SSSR count). The van der Waals surface area contributed by atoms with Crippen molar-refractivity contribution in [2.75, 3.05) is 39.3 Å².